The molecule has 112 valence electrons. The molecule has 2 N–H and O–H groups in total. The van der Waals surface area contributed by atoms with Crippen LogP contribution in [0.3, 0.4) is 0 Å². The third-order valence-corrected chi connectivity index (χ3v) is 3.39. The first-order valence-corrected chi connectivity index (χ1v) is 7.20. The number of aryl methyl sites for hydroxylation is 1. The summed E-state index contributed by atoms with van der Waals surface area (Å²) in [5, 5.41) is 6.28. The van der Waals surface area contributed by atoms with Crippen molar-refractivity contribution < 1.29 is 4.39 Å². The molecule has 0 atom stereocenters. The Labute approximate surface area is 128 Å². The van der Waals surface area contributed by atoms with Gasteiger partial charge in [-0.15, -0.1) is 0 Å². The maximum absolute atomic E-state index is 13.5. The summed E-state index contributed by atoms with van der Waals surface area (Å²) < 4.78 is 13.5. The van der Waals surface area contributed by atoms with Gasteiger partial charge in [-0.2, -0.15) is 0 Å². The second-order valence-corrected chi connectivity index (χ2v) is 5.12. The van der Waals surface area contributed by atoms with Gasteiger partial charge in [0.25, 0.3) is 0 Å². The molecule has 0 saturated carbocycles. The maximum Gasteiger partial charge on any atom is 0.143 e. The van der Waals surface area contributed by atoms with Crippen molar-refractivity contribution in [3.63, 3.8) is 0 Å². The molecule has 21 heavy (non-hydrogen) atoms. The van der Waals surface area contributed by atoms with E-state index in [1.807, 2.05) is 14.0 Å². The van der Waals surface area contributed by atoms with E-state index in [2.05, 4.69) is 27.5 Å². The summed E-state index contributed by atoms with van der Waals surface area (Å²) in [5.41, 5.74) is 1.48. The van der Waals surface area contributed by atoms with Gasteiger partial charge >= 0.3 is 0 Å². The van der Waals surface area contributed by atoms with Crippen LogP contribution in [0.15, 0.2) is 18.2 Å². The Kier molecular flexibility index (Phi) is 4.96. The number of hydrogen-bond acceptors (Lipinski definition) is 4. The zero-order valence-electron chi connectivity index (χ0n) is 12.3. The minimum atomic E-state index is -0.462. The summed E-state index contributed by atoms with van der Waals surface area (Å²) >= 11 is 5.69. The molecule has 0 spiro atoms. The molecule has 0 saturated heterocycles. The van der Waals surface area contributed by atoms with Crippen LogP contribution >= 0.6 is 11.6 Å². The van der Waals surface area contributed by atoms with E-state index in [1.165, 1.54) is 12.1 Å². The first kappa shape index (κ1) is 15.5. The van der Waals surface area contributed by atoms with Crippen molar-refractivity contribution in [1.29, 1.82) is 0 Å². The third kappa shape index (κ3) is 3.61. The van der Waals surface area contributed by atoms with Gasteiger partial charge in [0, 0.05) is 24.7 Å². The predicted molar refractivity (Wildman–Crippen MR) is 85.0 cm³/mol. The van der Waals surface area contributed by atoms with Crippen LogP contribution in [-0.4, -0.2) is 17.0 Å². The Morgan fingerprint density at radius 3 is 2.57 bits per heavy atom. The largest absolute Gasteiger partial charge is 0.373 e. The molecule has 0 bridgehead atoms. The van der Waals surface area contributed by atoms with Crippen LogP contribution in [0, 0.1) is 12.7 Å². The number of rotatable bonds is 5. The highest BCUT2D eigenvalue weighted by molar-refractivity contribution is 6.30. The van der Waals surface area contributed by atoms with Crippen molar-refractivity contribution in [2.24, 2.45) is 0 Å². The summed E-state index contributed by atoms with van der Waals surface area (Å²) in [4.78, 5) is 8.96. The van der Waals surface area contributed by atoms with Gasteiger partial charge in [0.1, 0.15) is 23.3 Å². The van der Waals surface area contributed by atoms with E-state index in [-0.39, 0.29) is 5.02 Å². The van der Waals surface area contributed by atoms with Crippen LogP contribution < -0.4 is 10.6 Å². The second-order valence-electron chi connectivity index (χ2n) is 4.72. The van der Waals surface area contributed by atoms with Gasteiger partial charge < -0.3 is 10.6 Å². The minimum absolute atomic E-state index is 0.0996. The van der Waals surface area contributed by atoms with Crippen molar-refractivity contribution in [2.75, 3.05) is 17.7 Å². The van der Waals surface area contributed by atoms with Gasteiger partial charge in [-0.25, -0.2) is 14.4 Å². The van der Waals surface area contributed by atoms with Crippen LogP contribution in [0.2, 0.25) is 5.02 Å². The number of aromatic nitrogens is 2. The highest BCUT2D eigenvalue weighted by Crippen LogP contribution is 2.26. The van der Waals surface area contributed by atoms with Gasteiger partial charge in [-0.05, 0) is 31.5 Å². The van der Waals surface area contributed by atoms with Crippen LogP contribution in [0.4, 0.5) is 21.7 Å². The molecule has 1 aromatic carbocycles. The van der Waals surface area contributed by atoms with E-state index in [0.717, 1.165) is 30.0 Å². The van der Waals surface area contributed by atoms with E-state index in [0.29, 0.717) is 11.5 Å². The molecule has 2 aromatic rings. The van der Waals surface area contributed by atoms with Gasteiger partial charge in [0.05, 0.1) is 5.02 Å². The fourth-order valence-corrected chi connectivity index (χ4v) is 2.09. The third-order valence-electron chi connectivity index (χ3n) is 3.08. The van der Waals surface area contributed by atoms with Gasteiger partial charge in [-0.1, -0.05) is 18.5 Å². The summed E-state index contributed by atoms with van der Waals surface area (Å²) in [6, 6.07) is 4.58. The number of anilines is 3. The first-order valence-electron chi connectivity index (χ1n) is 6.82. The Morgan fingerprint density at radius 1 is 1.24 bits per heavy atom. The minimum Gasteiger partial charge on any atom is -0.373 e. The van der Waals surface area contributed by atoms with Gasteiger partial charge in [-0.3, -0.25) is 0 Å². The van der Waals surface area contributed by atoms with Gasteiger partial charge in [0.15, 0.2) is 0 Å². The molecular weight excluding hydrogens is 291 g/mol. The number of hydrogen-bond donors (Lipinski definition) is 2. The molecule has 6 heteroatoms. The standard InChI is InChI=1S/C15H18ClFN4/c1-4-5-13-20-14(18-3)9(2)15(21-13)19-10-6-7-11(16)12(17)8-10/h6-8H,4-5H2,1-3H3,(H2,18,19,20,21). The fraction of sp³-hybridized carbons (Fsp3) is 0.333. The number of nitrogens with zero attached hydrogens (tertiary/aromatic N) is 2. The van der Waals surface area contributed by atoms with Crippen LogP contribution in [0.25, 0.3) is 0 Å². The Balaban J connectivity index is 2.37. The van der Waals surface area contributed by atoms with Crippen LogP contribution in [-0.2, 0) is 6.42 Å². The van der Waals surface area contributed by atoms with E-state index < -0.39 is 5.82 Å². The van der Waals surface area contributed by atoms with E-state index in [9.17, 15) is 4.39 Å². The maximum atomic E-state index is 13.5. The number of halogens is 2. The lowest BCUT2D eigenvalue weighted by Crippen LogP contribution is -2.07. The van der Waals surface area contributed by atoms with Crippen molar-refractivity contribution >= 4 is 28.9 Å². The lowest BCUT2D eigenvalue weighted by Gasteiger charge is -2.14. The van der Waals surface area contributed by atoms with E-state index in [4.69, 9.17) is 11.6 Å². The average molecular weight is 309 g/mol. The summed E-state index contributed by atoms with van der Waals surface area (Å²) in [7, 11) is 1.82. The van der Waals surface area contributed by atoms with E-state index in [1.54, 1.807) is 6.07 Å². The zero-order valence-corrected chi connectivity index (χ0v) is 13.1. The fourth-order valence-electron chi connectivity index (χ4n) is 1.97. The lowest BCUT2D eigenvalue weighted by molar-refractivity contribution is 0.629. The molecule has 0 radical (unpaired) electrons. The molecule has 0 aliphatic rings. The Bertz CT molecular complexity index is 646. The highest BCUT2D eigenvalue weighted by atomic mass is 35.5. The second kappa shape index (κ2) is 6.72. The molecule has 0 fully saturated rings. The number of benzene rings is 1. The van der Waals surface area contributed by atoms with Crippen molar-refractivity contribution in [3.05, 3.63) is 40.4 Å². The highest BCUT2D eigenvalue weighted by Gasteiger charge is 2.11. The Morgan fingerprint density at radius 2 is 1.95 bits per heavy atom. The Hall–Kier alpha value is -1.88. The molecule has 0 unspecified atom stereocenters. The molecule has 2 rings (SSSR count). The zero-order chi connectivity index (χ0) is 15.4. The van der Waals surface area contributed by atoms with E-state index >= 15 is 0 Å². The summed E-state index contributed by atoms with van der Waals surface area (Å²) in [5.74, 6) is 1.73. The predicted octanol–water partition coefficient (Wildman–Crippen LogP) is 4.32. The summed E-state index contributed by atoms with van der Waals surface area (Å²) in [6.07, 6.45) is 1.75. The smallest absolute Gasteiger partial charge is 0.143 e. The monoisotopic (exact) mass is 308 g/mol. The molecule has 0 aliphatic carbocycles. The SMILES string of the molecule is CCCc1nc(NC)c(C)c(Nc2ccc(Cl)c(F)c2)n1. The number of nitrogens with one attached hydrogen (secondary N) is 2. The quantitative estimate of drug-likeness (QED) is 0.864. The van der Waals surface area contributed by atoms with Crippen LogP contribution in [0.1, 0.15) is 24.7 Å². The molecule has 1 aromatic heterocycles. The topological polar surface area (TPSA) is 49.8 Å². The normalized spacial score (nSPS) is 10.5. The lowest BCUT2D eigenvalue weighted by atomic mass is 10.2. The molecule has 0 amide bonds. The van der Waals surface area contributed by atoms with Crippen molar-refractivity contribution in [3.8, 4) is 0 Å². The molecule has 4 nitrogen and oxygen atoms in total. The summed E-state index contributed by atoms with van der Waals surface area (Å²) in [6.45, 7) is 3.99. The average Bonchev–Trinajstić information content (AvgIpc) is 2.46. The van der Waals surface area contributed by atoms with Gasteiger partial charge in [0.2, 0.25) is 0 Å². The van der Waals surface area contributed by atoms with Crippen LogP contribution in [0.5, 0.6) is 0 Å². The molecular formula is C15H18ClFN4. The molecule has 1 heterocycles. The first-order chi connectivity index (χ1) is 10.0. The van der Waals surface area contributed by atoms with Crippen molar-refractivity contribution in [1.82, 2.24) is 9.97 Å². The molecule has 0 aliphatic heterocycles. The van der Waals surface area contributed by atoms with Crippen molar-refractivity contribution in [2.45, 2.75) is 26.7 Å².